The predicted molar refractivity (Wildman–Crippen MR) is 49.6 cm³/mol. The lowest BCUT2D eigenvalue weighted by atomic mass is 10.1. The normalized spacial score (nSPS) is 9.85. The largest absolute Gasteiger partial charge is 0.482 e. The van der Waals surface area contributed by atoms with Gasteiger partial charge in [0.05, 0.1) is 18.7 Å². The molecule has 3 nitrogen and oxygen atoms in total. The number of hydrogen-bond acceptors (Lipinski definition) is 2. The van der Waals surface area contributed by atoms with E-state index in [2.05, 4.69) is 11.1 Å². The zero-order chi connectivity index (χ0) is 9.26. The van der Waals surface area contributed by atoms with E-state index in [0.29, 0.717) is 11.4 Å². The minimum atomic E-state index is 0.664. The van der Waals surface area contributed by atoms with Crippen molar-refractivity contribution in [3.8, 4) is 11.9 Å². The van der Waals surface area contributed by atoms with Crippen molar-refractivity contribution in [2.75, 3.05) is 7.11 Å². The fourth-order valence-corrected chi connectivity index (χ4v) is 1.34. The summed E-state index contributed by atoms with van der Waals surface area (Å²) in [5.41, 5.74) is 1.59. The quantitative estimate of drug-likeness (QED) is 0.715. The summed E-state index contributed by atoms with van der Waals surface area (Å²) >= 11 is 0. The molecule has 0 atom stereocenters. The Labute approximate surface area is 75.6 Å². The van der Waals surface area contributed by atoms with Crippen LogP contribution in [-0.4, -0.2) is 12.1 Å². The fraction of sp³-hybridized carbons (Fsp3) is 0.100. The van der Waals surface area contributed by atoms with Crippen molar-refractivity contribution in [2.45, 2.75) is 0 Å². The summed E-state index contributed by atoms with van der Waals surface area (Å²) in [6, 6.07) is 9.51. The minimum Gasteiger partial charge on any atom is -0.482 e. The van der Waals surface area contributed by atoms with Gasteiger partial charge in [-0.15, -0.1) is 0 Å². The summed E-state index contributed by atoms with van der Waals surface area (Å²) in [6.45, 7) is 0. The molecule has 0 unspecified atom stereocenters. The molecule has 64 valence electrons. The topological polar surface area (TPSA) is 48.8 Å². The number of rotatable bonds is 1. The molecule has 0 fully saturated rings. The van der Waals surface area contributed by atoms with Gasteiger partial charge in [-0.1, -0.05) is 6.07 Å². The van der Waals surface area contributed by atoms with E-state index in [9.17, 15) is 0 Å². The van der Waals surface area contributed by atoms with Gasteiger partial charge in [-0.3, -0.25) is 0 Å². The highest BCUT2D eigenvalue weighted by atomic mass is 16.5. The minimum absolute atomic E-state index is 0.664. The molecule has 1 aromatic carbocycles. The van der Waals surface area contributed by atoms with Crippen LogP contribution in [0, 0.1) is 11.3 Å². The lowest BCUT2D eigenvalue weighted by Gasteiger charge is -1.89. The Kier molecular flexibility index (Phi) is 1.67. The highest BCUT2D eigenvalue weighted by Gasteiger charge is 2.03. The maximum atomic E-state index is 8.81. The average molecular weight is 172 g/mol. The van der Waals surface area contributed by atoms with E-state index in [1.54, 1.807) is 13.2 Å². The van der Waals surface area contributed by atoms with Crippen molar-refractivity contribution in [1.29, 1.82) is 5.26 Å². The molecular weight excluding hydrogens is 164 g/mol. The molecule has 0 spiro atoms. The van der Waals surface area contributed by atoms with Gasteiger partial charge in [-0.2, -0.15) is 5.26 Å². The first-order valence-electron chi connectivity index (χ1n) is 3.91. The van der Waals surface area contributed by atoms with Gasteiger partial charge in [0, 0.05) is 17.0 Å². The third kappa shape index (κ3) is 1.13. The van der Waals surface area contributed by atoms with Crippen LogP contribution in [0.3, 0.4) is 0 Å². The Morgan fingerprint density at radius 2 is 2.31 bits per heavy atom. The molecule has 0 saturated carbocycles. The molecular formula is C10H8N2O. The second kappa shape index (κ2) is 2.83. The Morgan fingerprint density at radius 1 is 1.46 bits per heavy atom. The molecule has 1 N–H and O–H groups in total. The molecule has 0 aliphatic rings. The summed E-state index contributed by atoms with van der Waals surface area (Å²) in [5.74, 6) is 0.678. The number of aromatic nitrogens is 1. The smallest absolute Gasteiger partial charge is 0.191 e. The van der Waals surface area contributed by atoms with Crippen molar-refractivity contribution in [3.05, 3.63) is 29.8 Å². The van der Waals surface area contributed by atoms with Gasteiger partial charge in [0.2, 0.25) is 0 Å². The average Bonchev–Trinajstić information content (AvgIpc) is 2.59. The van der Waals surface area contributed by atoms with Crippen LogP contribution in [0.25, 0.3) is 10.9 Å². The Bertz CT molecular complexity index is 479. The van der Waals surface area contributed by atoms with Crippen LogP contribution in [0.15, 0.2) is 24.3 Å². The third-order valence-electron chi connectivity index (χ3n) is 1.98. The molecule has 13 heavy (non-hydrogen) atoms. The third-order valence-corrected chi connectivity index (χ3v) is 1.98. The number of benzene rings is 1. The van der Waals surface area contributed by atoms with Crippen molar-refractivity contribution >= 4 is 10.9 Å². The molecule has 0 aliphatic heterocycles. The van der Waals surface area contributed by atoms with Gasteiger partial charge >= 0.3 is 0 Å². The molecule has 0 aliphatic carbocycles. The number of methoxy groups -OCH3 is 1. The van der Waals surface area contributed by atoms with E-state index in [0.717, 1.165) is 10.9 Å². The molecule has 0 radical (unpaired) electrons. The molecule has 0 bridgehead atoms. The molecule has 2 aromatic rings. The molecule has 3 heteroatoms. The van der Waals surface area contributed by atoms with Crippen molar-refractivity contribution in [3.63, 3.8) is 0 Å². The second-order valence-electron chi connectivity index (χ2n) is 2.72. The Morgan fingerprint density at radius 3 is 3.00 bits per heavy atom. The van der Waals surface area contributed by atoms with E-state index in [4.69, 9.17) is 10.00 Å². The van der Waals surface area contributed by atoms with Gasteiger partial charge in [-0.25, -0.2) is 0 Å². The lowest BCUT2D eigenvalue weighted by Crippen LogP contribution is -1.79. The molecule has 0 saturated heterocycles. The van der Waals surface area contributed by atoms with E-state index in [1.165, 1.54) is 0 Å². The van der Waals surface area contributed by atoms with Crippen molar-refractivity contribution in [2.24, 2.45) is 0 Å². The van der Waals surface area contributed by atoms with Crippen LogP contribution in [0.4, 0.5) is 0 Å². The Balaban J connectivity index is 2.76. The van der Waals surface area contributed by atoms with Gasteiger partial charge in [0.1, 0.15) is 0 Å². The predicted octanol–water partition coefficient (Wildman–Crippen LogP) is 2.05. The lowest BCUT2D eigenvalue weighted by molar-refractivity contribution is 0.401. The number of H-pyrrole nitrogens is 1. The standard InChI is InChI=1S/C10H8N2O/c1-13-10-5-8-7(6-11)3-2-4-9(8)12-10/h2-5,12H,1H3. The van der Waals surface area contributed by atoms with Crippen LogP contribution in [0.5, 0.6) is 5.88 Å². The maximum absolute atomic E-state index is 8.81. The summed E-state index contributed by atoms with van der Waals surface area (Å²) in [4.78, 5) is 3.05. The number of fused-ring (bicyclic) bond motifs is 1. The van der Waals surface area contributed by atoms with Crippen LogP contribution in [0.1, 0.15) is 5.56 Å². The van der Waals surface area contributed by atoms with Crippen LogP contribution >= 0.6 is 0 Å². The van der Waals surface area contributed by atoms with Crippen LogP contribution in [-0.2, 0) is 0 Å². The summed E-state index contributed by atoms with van der Waals surface area (Å²) in [5, 5.41) is 9.72. The Hall–Kier alpha value is -1.95. The SMILES string of the molecule is COc1cc2c(C#N)cccc2[nH]1. The first-order chi connectivity index (χ1) is 6.35. The molecule has 1 heterocycles. The monoisotopic (exact) mass is 172 g/mol. The number of ether oxygens (including phenoxy) is 1. The van der Waals surface area contributed by atoms with E-state index < -0.39 is 0 Å². The first kappa shape index (κ1) is 7.69. The van der Waals surface area contributed by atoms with Crippen LogP contribution in [0.2, 0.25) is 0 Å². The molecule has 2 rings (SSSR count). The number of nitrogens with one attached hydrogen (secondary N) is 1. The summed E-state index contributed by atoms with van der Waals surface area (Å²) < 4.78 is 5.03. The summed E-state index contributed by atoms with van der Waals surface area (Å²) in [6.07, 6.45) is 0. The number of nitriles is 1. The van der Waals surface area contributed by atoms with Crippen LogP contribution < -0.4 is 4.74 Å². The van der Waals surface area contributed by atoms with Gasteiger partial charge < -0.3 is 9.72 Å². The zero-order valence-corrected chi connectivity index (χ0v) is 7.16. The van der Waals surface area contributed by atoms with Gasteiger partial charge in [0.25, 0.3) is 0 Å². The highest BCUT2D eigenvalue weighted by molar-refractivity contribution is 5.86. The summed E-state index contributed by atoms with van der Waals surface area (Å²) in [7, 11) is 1.59. The molecule has 1 aromatic heterocycles. The van der Waals surface area contributed by atoms with Gasteiger partial charge in [-0.05, 0) is 12.1 Å². The number of aromatic amines is 1. The van der Waals surface area contributed by atoms with E-state index >= 15 is 0 Å². The van der Waals surface area contributed by atoms with Crippen molar-refractivity contribution < 1.29 is 4.74 Å². The number of nitrogens with zero attached hydrogens (tertiary/aromatic N) is 1. The van der Waals surface area contributed by atoms with Gasteiger partial charge in [0.15, 0.2) is 5.88 Å². The van der Waals surface area contributed by atoms with E-state index in [-0.39, 0.29) is 0 Å². The zero-order valence-electron chi connectivity index (χ0n) is 7.16. The fourth-order valence-electron chi connectivity index (χ4n) is 1.34. The highest BCUT2D eigenvalue weighted by Crippen LogP contribution is 2.22. The second-order valence-corrected chi connectivity index (χ2v) is 2.72. The van der Waals surface area contributed by atoms with Crippen molar-refractivity contribution in [1.82, 2.24) is 4.98 Å². The first-order valence-corrected chi connectivity index (χ1v) is 3.91. The van der Waals surface area contributed by atoms with E-state index in [1.807, 2.05) is 18.2 Å². The maximum Gasteiger partial charge on any atom is 0.191 e. The number of hydrogen-bond donors (Lipinski definition) is 1. The molecule has 0 amide bonds.